The molecule has 1 fully saturated rings. The second kappa shape index (κ2) is 5.15. The van der Waals surface area contributed by atoms with Gasteiger partial charge in [0.05, 0.1) is 10.6 Å². The Labute approximate surface area is 103 Å². The molecule has 0 radical (unpaired) electrons. The monoisotopic (exact) mass is 288 g/mol. The van der Waals surface area contributed by atoms with E-state index in [1.54, 1.807) is 12.1 Å². The number of halogens is 2. The summed E-state index contributed by atoms with van der Waals surface area (Å²) >= 11 is 3.09. The topological polar surface area (TPSA) is 29.5 Å². The number of aliphatic hydroxyl groups is 1. The van der Waals surface area contributed by atoms with Crippen molar-refractivity contribution in [3.8, 4) is 5.75 Å². The van der Waals surface area contributed by atoms with Crippen molar-refractivity contribution in [1.82, 2.24) is 0 Å². The summed E-state index contributed by atoms with van der Waals surface area (Å²) in [5.41, 5.74) is 0. The zero-order valence-electron chi connectivity index (χ0n) is 8.83. The highest BCUT2D eigenvalue weighted by Crippen LogP contribution is 2.26. The number of benzene rings is 1. The number of aliphatic hydroxyl groups excluding tert-OH is 1. The van der Waals surface area contributed by atoms with E-state index in [0.29, 0.717) is 10.2 Å². The second-order valence-electron chi connectivity index (χ2n) is 4.08. The first-order valence-electron chi connectivity index (χ1n) is 5.46. The lowest BCUT2D eigenvalue weighted by Gasteiger charge is -2.28. The molecular formula is C12H14BrFO2. The average molecular weight is 289 g/mol. The molecule has 1 N–H and O–H groups in total. The Morgan fingerprint density at radius 3 is 2.75 bits per heavy atom. The normalized spacial score (nSPS) is 25.4. The Morgan fingerprint density at radius 2 is 2.06 bits per heavy atom. The minimum absolute atomic E-state index is 0.200. The Kier molecular flexibility index (Phi) is 3.82. The first-order chi connectivity index (χ1) is 7.66. The first-order valence-corrected chi connectivity index (χ1v) is 6.26. The summed E-state index contributed by atoms with van der Waals surface area (Å²) in [5.74, 6) is 0.134. The van der Waals surface area contributed by atoms with Crippen LogP contribution in [0.5, 0.6) is 5.75 Å². The van der Waals surface area contributed by atoms with Gasteiger partial charge in [-0.1, -0.05) is 6.42 Å². The summed E-state index contributed by atoms with van der Waals surface area (Å²) in [6.45, 7) is 0. The fraction of sp³-hybridized carbons (Fsp3) is 0.500. The Morgan fingerprint density at radius 1 is 1.31 bits per heavy atom. The van der Waals surface area contributed by atoms with Gasteiger partial charge in [0, 0.05) is 6.07 Å². The Hall–Kier alpha value is -0.610. The van der Waals surface area contributed by atoms with Gasteiger partial charge in [0.15, 0.2) is 0 Å². The van der Waals surface area contributed by atoms with Crippen LogP contribution in [0, 0.1) is 5.82 Å². The van der Waals surface area contributed by atoms with Crippen molar-refractivity contribution in [2.45, 2.75) is 37.9 Å². The van der Waals surface area contributed by atoms with Crippen LogP contribution in [0.15, 0.2) is 22.7 Å². The summed E-state index contributed by atoms with van der Waals surface area (Å²) in [6.07, 6.45) is 3.06. The predicted octanol–water partition coefficient (Wildman–Crippen LogP) is 3.27. The van der Waals surface area contributed by atoms with Crippen LogP contribution in [0.1, 0.15) is 25.7 Å². The van der Waals surface area contributed by atoms with Gasteiger partial charge in [-0.3, -0.25) is 0 Å². The molecule has 2 rings (SSSR count). The van der Waals surface area contributed by atoms with E-state index in [1.165, 1.54) is 6.07 Å². The summed E-state index contributed by atoms with van der Waals surface area (Å²) < 4.78 is 19.3. The Bertz CT molecular complexity index is 370. The standard InChI is InChI=1S/C12H14BrFO2/c13-9-6-5-8(7-10(9)14)16-12-4-2-1-3-11(12)15/h5-7,11-12,15H,1-4H2/t11-,12-/m0/s1. The lowest BCUT2D eigenvalue weighted by Crippen LogP contribution is -2.34. The van der Waals surface area contributed by atoms with E-state index in [0.717, 1.165) is 25.7 Å². The van der Waals surface area contributed by atoms with Crippen LogP contribution in [-0.2, 0) is 0 Å². The van der Waals surface area contributed by atoms with Crippen molar-refractivity contribution < 1.29 is 14.2 Å². The third-order valence-corrected chi connectivity index (χ3v) is 3.49. The molecule has 16 heavy (non-hydrogen) atoms. The molecule has 1 aromatic carbocycles. The quantitative estimate of drug-likeness (QED) is 0.905. The molecule has 4 heteroatoms. The van der Waals surface area contributed by atoms with Gasteiger partial charge in [-0.25, -0.2) is 4.39 Å². The molecule has 0 aliphatic heterocycles. The third kappa shape index (κ3) is 2.74. The van der Waals surface area contributed by atoms with Crippen LogP contribution in [0.4, 0.5) is 4.39 Å². The molecule has 0 unspecified atom stereocenters. The van der Waals surface area contributed by atoms with Crippen LogP contribution < -0.4 is 4.74 Å². The van der Waals surface area contributed by atoms with Crippen LogP contribution in [0.25, 0.3) is 0 Å². The average Bonchev–Trinajstić information content (AvgIpc) is 2.27. The second-order valence-corrected chi connectivity index (χ2v) is 4.94. The molecular weight excluding hydrogens is 275 g/mol. The molecule has 1 aliphatic carbocycles. The number of hydrogen-bond donors (Lipinski definition) is 1. The van der Waals surface area contributed by atoms with Gasteiger partial charge in [0.25, 0.3) is 0 Å². The van der Waals surface area contributed by atoms with Crippen molar-refractivity contribution >= 4 is 15.9 Å². The van der Waals surface area contributed by atoms with Crippen LogP contribution in [0.3, 0.4) is 0 Å². The largest absolute Gasteiger partial charge is 0.488 e. The van der Waals surface area contributed by atoms with E-state index < -0.39 is 6.10 Å². The highest BCUT2D eigenvalue weighted by Gasteiger charge is 2.24. The van der Waals surface area contributed by atoms with E-state index in [1.807, 2.05) is 0 Å². The molecule has 1 aromatic rings. The zero-order chi connectivity index (χ0) is 11.5. The maximum atomic E-state index is 13.2. The summed E-state index contributed by atoms with van der Waals surface area (Å²) in [7, 11) is 0. The fourth-order valence-corrected chi connectivity index (χ4v) is 2.19. The summed E-state index contributed by atoms with van der Waals surface area (Å²) in [4.78, 5) is 0. The minimum atomic E-state index is -0.430. The highest BCUT2D eigenvalue weighted by molar-refractivity contribution is 9.10. The van der Waals surface area contributed by atoms with Crippen molar-refractivity contribution in [3.63, 3.8) is 0 Å². The van der Waals surface area contributed by atoms with Gasteiger partial charge in [0.2, 0.25) is 0 Å². The smallest absolute Gasteiger partial charge is 0.141 e. The molecule has 1 aliphatic rings. The highest BCUT2D eigenvalue weighted by atomic mass is 79.9. The summed E-state index contributed by atoms with van der Waals surface area (Å²) in [6, 6.07) is 4.65. The molecule has 88 valence electrons. The van der Waals surface area contributed by atoms with Crippen LogP contribution >= 0.6 is 15.9 Å². The first kappa shape index (κ1) is 11.9. The maximum Gasteiger partial charge on any atom is 0.141 e. The minimum Gasteiger partial charge on any atom is -0.488 e. The lowest BCUT2D eigenvalue weighted by molar-refractivity contribution is 0.00672. The molecule has 0 spiro atoms. The summed E-state index contributed by atoms with van der Waals surface area (Å²) in [5, 5.41) is 9.73. The SMILES string of the molecule is O[C@H]1CCCC[C@@H]1Oc1ccc(Br)c(F)c1. The predicted molar refractivity (Wildman–Crippen MR) is 63.0 cm³/mol. The van der Waals surface area contributed by atoms with E-state index in [-0.39, 0.29) is 11.9 Å². The van der Waals surface area contributed by atoms with Gasteiger partial charge in [-0.2, -0.15) is 0 Å². The molecule has 0 heterocycles. The molecule has 2 atom stereocenters. The Balaban J connectivity index is 2.05. The van der Waals surface area contributed by atoms with Gasteiger partial charge >= 0.3 is 0 Å². The lowest BCUT2D eigenvalue weighted by atomic mass is 9.95. The van der Waals surface area contributed by atoms with Crippen molar-refractivity contribution in [2.24, 2.45) is 0 Å². The number of rotatable bonds is 2. The van der Waals surface area contributed by atoms with E-state index in [4.69, 9.17) is 4.74 Å². The zero-order valence-corrected chi connectivity index (χ0v) is 10.4. The molecule has 0 saturated heterocycles. The van der Waals surface area contributed by atoms with Crippen LogP contribution in [-0.4, -0.2) is 17.3 Å². The molecule has 0 aromatic heterocycles. The van der Waals surface area contributed by atoms with Gasteiger partial charge in [-0.15, -0.1) is 0 Å². The van der Waals surface area contributed by atoms with Crippen molar-refractivity contribution in [2.75, 3.05) is 0 Å². The molecule has 2 nitrogen and oxygen atoms in total. The fourth-order valence-electron chi connectivity index (χ4n) is 1.94. The molecule has 1 saturated carbocycles. The van der Waals surface area contributed by atoms with Gasteiger partial charge in [-0.05, 0) is 47.3 Å². The number of ether oxygens (including phenoxy) is 1. The molecule has 0 amide bonds. The van der Waals surface area contributed by atoms with E-state index >= 15 is 0 Å². The molecule has 0 bridgehead atoms. The van der Waals surface area contributed by atoms with Crippen molar-refractivity contribution in [3.05, 3.63) is 28.5 Å². The van der Waals surface area contributed by atoms with Gasteiger partial charge in [0.1, 0.15) is 17.7 Å². The van der Waals surface area contributed by atoms with E-state index in [2.05, 4.69) is 15.9 Å². The van der Waals surface area contributed by atoms with E-state index in [9.17, 15) is 9.50 Å². The third-order valence-electron chi connectivity index (χ3n) is 2.85. The van der Waals surface area contributed by atoms with Crippen molar-refractivity contribution in [1.29, 1.82) is 0 Å². The maximum absolute atomic E-state index is 13.2. The number of hydrogen-bond acceptors (Lipinski definition) is 2. The van der Waals surface area contributed by atoms with Crippen LogP contribution in [0.2, 0.25) is 0 Å². The van der Waals surface area contributed by atoms with Gasteiger partial charge < -0.3 is 9.84 Å².